The first-order valence-electron chi connectivity index (χ1n) is 3.55. The normalized spacial score (nSPS) is 9.27. The number of rotatable bonds is 1. The maximum absolute atomic E-state index is 12.5. The van der Waals surface area contributed by atoms with Gasteiger partial charge in [0.15, 0.2) is 29.6 Å². The number of benzene rings is 1. The van der Waals surface area contributed by atoms with Gasteiger partial charge in [-0.1, -0.05) is 0 Å². The molecule has 7 heteroatoms. The lowest BCUT2D eigenvalue weighted by molar-refractivity contribution is 0.111. The second kappa shape index (κ2) is 5.40. The van der Waals surface area contributed by atoms with Gasteiger partial charge in [-0.3, -0.25) is 4.79 Å². The van der Waals surface area contributed by atoms with E-state index in [1.807, 2.05) is 0 Å². The summed E-state index contributed by atoms with van der Waals surface area (Å²) in [6.45, 7) is 0. The van der Waals surface area contributed by atoms with Crippen molar-refractivity contribution in [2.75, 3.05) is 7.05 Å². The molecular weight excluding hydrogens is 221 g/mol. The van der Waals surface area contributed by atoms with Gasteiger partial charge in [-0.2, -0.15) is 0 Å². The summed E-state index contributed by atoms with van der Waals surface area (Å²) >= 11 is 0. The number of halogens is 5. The van der Waals surface area contributed by atoms with Crippen LogP contribution in [0.2, 0.25) is 0 Å². The standard InChI is InChI=1S/C7HF5O.CH5N/c8-3-2(1-13)4(9)6(11)7(12)5(3)10;1-2/h1H;2H2,1H3. The fourth-order valence-corrected chi connectivity index (χ4v) is 0.725. The first kappa shape index (κ1) is 13.5. The van der Waals surface area contributed by atoms with Crippen LogP contribution in [-0.2, 0) is 0 Å². The maximum atomic E-state index is 12.5. The van der Waals surface area contributed by atoms with Crippen LogP contribution in [0, 0.1) is 29.1 Å². The van der Waals surface area contributed by atoms with E-state index in [0.29, 0.717) is 0 Å². The summed E-state index contributed by atoms with van der Waals surface area (Å²) < 4.78 is 61.7. The summed E-state index contributed by atoms with van der Waals surface area (Å²) in [5.74, 6) is -10.8. The highest BCUT2D eigenvalue weighted by Crippen LogP contribution is 2.21. The van der Waals surface area contributed by atoms with E-state index < -0.39 is 40.9 Å². The lowest BCUT2D eigenvalue weighted by Gasteiger charge is -2.01. The van der Waals surface area contributed by atoms with Crippen molar-refractivity contribution < 1.29 is 26.7 Å². The van der Waals surface area contributed by atoms with Gasteiger partial charge in [0, 0.05) is 0 Å². The number of aldehydes is 1. The molecule has 2 N–H and O–H groups in total. The van der Waals surface area contributed by atoms with E-state index in [1.54, 1.807) is 0 Å². The minimum atomic E-state index is -2.28. The largest absolute Gasteiger partial charge is 0.333 e. The van der Waals surface area contributed by atoms with Gasteiger partial charge in [0.05, 0.1) is 5.56 Å². The quantitative estimate of drug-likeness (QED) is 0.344. The van der Waals surface area contributed by atoms with Crippen molar-refractivity contribution in [3.63, 3.8) is 0 Å². The Morgan fingerprint density at radius 2 is 1.07 bits per heavy atom. The van der Waals surface area contributed by atoms with Gasteiger partial charge in [0.2, 0.25) is 5.82 Å². The topological polar surface area (TPSA) is 43.1 Å². The Morgan fingerprint density at radius 1 is 0.800 bits per heavy atom. The molecule has 0 saturated heterocycles. The molecular formula is C8H6F5NO. The second-order valence-corrected chi connectivity index (χ2v) is 2.10. The number of carbonyl (C=O) groups excluding carboxylic acids is 1. The van der Waals surface area contributed by atoms with E-state index in [2.05, 4.69) is 5.73 Å². The maximum Gasteiger partial charge on any atom is 0.200 e. The van der Waals surface area contributed by atoms with Gasteiger partial charge in [-0.05, 0) is 7.05 Å². The van der Waals surface area contributed by atoms with Crippen LogP contribution >= 0.6 is 0 Å². The zero-order chi connectivity index (χ0) is 12.2. The van der Waals surface area contributed by atoms with Gasteiger partial charge in [0.25, 0.3) is 0 Å². The van der Waals surface area contributed by atoms with Crippen LogP contribution in [0.5, 0.6) is 0 Å². The van der Waals surface area contributed by atoms with Crippen molar-refractivity contribution in [1.29, 1.82) is 0 Å². The SMILES string of the molecule is CN.O=Cc1c(F)c(F)c(F)c(F)c1F. The molecule has 0 aliphatic heterocycles. The van der Waals surface area contributed by atoms with E-state index in [-0.39, 0.29) is 0 Å². The number of hydrogen-bond acceptors (Lipinski definition) is 2. The summed E-state index contributed by atoms with van der Waals surface area (Å²) in [5, 5.41) is 0. The van der Waals surface area contributed by atoms with Crippen LogP contribution in [0.3, 0.4) is 0 Å². The van der Waals surface area contributed by atoms with Gasteiger partial charge in [0.1, 0.15) is 0 Å². The predicted octanol–water partition coefficient (Wildman–Crippen LogP) is 1.77. The minimum Gasteiger partial charge on any atom is -0.333 e. The Balaban J connectivity index is 0.000000921. The molecule has 0 aliphatic carbocycles. The van der Waals surface area contributed by atoms with E-state index in [9.17, 15) is 26.7 Å². The third-order valence-electron chi connectivity index (χ3n) is 1.36. The van der Waals surface area contributed by atoms with Crippen molar-refractivity contribution >= 4 is 6.29 Å². The van der Waals surface area contributed by atoms with Gasteiger partial charge < -0.3 is 5.73 Å². The number of nitrogens with two attached hydrogens (primary N) is 1. The molecule has 0 heterocycles. The molecule has 1 aromatic carbocycles. The third kappa shape index (κ3) is 2.30. The Morgan fingerprint density at radius 3 is 1.33 bits per heavy atom. The monoisotopic (exact) mass is 227 g/mol. The molecule has 84 valence electrons. The zero-order valence-corrected chi connectivity index (χ0v) is 7.45. The molecule has 0 saturated carbocycles. The molecule has 2 nitrogen and oxygen atoms in total. The van der Waals surface area contributed by atoms with Crippen LogP contribution in [-0.4, -0.2) is 13.3 Å². The van der Waals surface area contributed by atoms with Crippen molar-refractivity contribution in [3.05, 3.63) is 34.6 Å². The lowest BCUT2D eigenvalue weighted by Crippen LogP contribution is -2.05. The molecule has 0 aromatic heterocycles. The average Bonchev–Trinajstić information content (AvgIpc) is 2.27. The Hall–Kier alpha value is -1.50. The fraction of sp³-hybridized carbons (Fsp3) is 0.125. The molecule has 0 bridgehead atoms. The zero-order valence-electron chi connectivity index (χ0n) is 7.45. The summed E-state index contributed by atoms with van der Waals surface area (Å²) in [6.07, 6.45) is -0.434. The highest BCUT2D eigenvalue weighted by Gasteiger charge is 2.24. The molecule has 0 atom stereocenters. The van der Waals surface area contributed by atoms with Crippen molar-refractivity contribution in [2.45, 2.75) is 0 Å². The average molecular weight is 227 g/mol. The highest BCUT2D eigenvalue weighted by atomic mass is 19.2. The molecule has 0 unspecified atom stereocenters. The second-order valence-electron chi connectivity index (χ2n) is 2.10. The summed E-state index contributed by atoms with van der Waals surface area (Å²) in [7, 11) is 1.50. The van der Waals surface area contributed by atoms with E-state index in [0.717, 1.165) is 0 Å². The summed E-state index contributed by atoms with van der Waals surface area (Å²) in [6, 6.07) is 0. The molecule has 0 spiro atoms. The van der Waals surface area contributed by atoms with E-state index >= 15 is 0 Å². The summed E-state index contributed by atoms with van der Waals surface area (Å²) in [4.78, 5) is 9.93. The molecule has 0 amide bonds. The van der Waals surface area contributed by atoms with Crippen LogP contribution in [0.25, 0.3) is 0 Å². The lowest BCUT2D eigenvalue weighted by atomic mass is 10.2. The first-order valence-corrected chi connectivity index (χ1v) is 3.55. The summed E-state index contributed by atoms with van der Waals surface area (Å²) in [5.41, 5.74) is 3.04. The van der Waals surface area contributed by atoms with Gasteiger partial charge in [-0.25, -0.2) is 22.0 Å². The van der Waals surface area contributed by atoms with Crippen molar-refractivity contribution in [1.82, 2.24) is 0 Å². The molecule has 0 aliphatic rings. The van der Waals surface area contributed by atoms with Crippen LogP contribution < -0.4 is 5.73 Å². The fourth-order valence-electron chi connectivity index (χ4n) is 0.725. The first-order chi connectivity index (χ1) is 7.00. The third-order valence-corrected chi connectivity index (χ3v) is 1.36. The Labute approximate surface area is 81.5 Å². The Kier molecular flexibility index (Phi) is 4.86. The molecule has 1 rings (SSSR count). The Bertz CT molecular complexity index is 351. The van der Waals surface area contributed by atoms with Crippen LogP contribution in [0.15, 0.2) is 0 Å². The molecule has 0 fully saturated rings. The smallest absolute Gasteiger partial charge is 0.200 e. The molecule has 15 heavy (non-hydrogen) atoms. The minimum absolute atomic E-state index is 0.434. The molecule has 1 aromatic rings. The van der Waals surface area contributed by atoms with Gasteiger partial charge in [-0.15, -0.1) is 0 Å². The van der Waals surface area contributed by atoms with Crippen LogP contribution in [0.4, 0.5) is 22.0 Å². The van der Waals surface area contributed by atoms with Crippen molar-refractivity contribution in [2.24, 2.45) is 5.73 Å². The number of hydrogen-bond donors (Lipinski definition) is 1. The van der Waals surface area contributed by atoms with E-state index in [1.165, 1.54) is 7.05 Å². The highest BCUT2D eigenvalue weighted by molar-refractivity contribution is 5.75. The molecule has 0 radical (unpaired) electrons. The van der Waals surface area contributed by atoms with Gasteiger partial charge >= 0.3 is 0 Å². The van der Waals surface area contributed by atoms with E-state index in [4.69, 9.17) is 0 Å². The predicted molar refractivity (Wildman–Crippen MR) is 41.7 cm³/mol. The number of carbonyl (C=O) groups is 1. The van der Waals surface area contributed by atoms with Crippen LogP contribution in [0.1, 0.15) is 10.4 Å². The van der Waals surface area contributed by atoms with Crippen molar-refractivity contribution in [3.8, 4) is 0 Å².